The topological polar surface area (TPSA) is 51.2 Å². The number of anilines is 1. The van der Waals surface area contributed by atoms with Crippen molar-refractivity contribution in [2.24, 2.45) is 0 Å². The van der Waals surface area contributed by atoms with Crippen LogP contribution in [0.3, 0.4) is 0 Å². The summed E-state index contributed by atoms with van der Waals surface area (Å²) in [6, 6.07) is 12.2. The molecule has 2 rings (SSSR count). The van der Waals surface area contributed by atoms with E-state index in [0.717, 1.165) is 23.4 Å². The number of rotatable bonds is 21. The van der Waals surface area contributed by atoms with Gasteiger partial charge >= 0.3 is 5.97 Å². The van der Waals surface area contributed by atoms with E-state index in [1.807, 2.05) is 12.1 Å². The molecule has 4 heteroatoms. The van der Waals surface area contributed by atoms with Crippen molar-refractivity contribution in [3.63, 3.8) is 0 Å². The summed E-state index contributed by atoms with van der Waals surface area (Å²) in [7, 11) is 0. The van der Waals surface area contributed by atoms with E-state index in [4.69, 9.17) is 4.74 Å². The molecule has 1 aromatic carbocycles. The molecular weight excluding hydrogens is 432 g/mol. The lowest BCUT2D eigenvalue weighted by Crippen LogP contribution is -2.06. The maximum atomic E-state index is 12.0. The minimum Gasteiger partial charge on any atom is -0.461 e. The minimum atomic E-state index is -0.172. The third-order valence-corrected chi connectivity index (χ3v) is 6.55. The Morgan fingerprint density at radius 3 is 1.94 bits per heavy atom. The van der Waals surface area contributed by atoms with Gasteiger partial charge in [0.15, 0.2) is 0 Å². The van der Waals surface area contributed by atoms with Crippen LogP contribution < -0.4 is 5.32 Å². The van der Waals surface area contributed by atoms with Crippen LogP contribution >= 0.6 is 0 Å². The highest BCUT2D eigenvalue weighted by Crippen LogP contribution is 2.14. The Balaban J connectivity index is 1.40. The molecule has 0 amide bonds. The van der Waals surface area contributed by atoms with Crippen molar-refractivity contribution >= 4 is 11.7 Å². The van der Waals surface area contributed by atoms with Gasteiger partial charge in [-0.1, -0.05) is 109 Å². The number of aromatic nitrogens is 1. The molecule has 1 N–H and O–H groups in total. The minimum absolute atomic E-state index is 0.172. The van der Waals surface area contributed by atoms with Crippen LogP contribution in [0, 0.1) is 0 Å². The molecule has 0 spiro atoms. The third-order valence-electron chi connectivity index (χ3n) is 6.55. The molecule has 0 aliphatic carbocycles. The number of aryl methyl sites for hydroxylation is 1. The van der Waals surface area contributed by atoms with Gasteiger partial charge in [0, 0.05) is 36.6 Å². The zero-order valence-electron chi connectivity index (χ0n) is 22.1. The van der Waals surface area contributed by atoms with E-state index in [0.29, 0.717) is 12.8 Å². The van der Waals surface area contributed by atoms with Gasteiger partial charge in [-0.25, -0.2) is 0 Å². The zero-order valence-corrected chi connectivity index (χ0v) is 22.1. The van der Waals surface area contributed by atoms with E-state index >= 15 is 0 Å². The van der Waals surface area contributed by atoms with Crippen molar-refractivity contribution < 1.29 is 9.53 Å². The molecule has 2 aromatic rings. The predicted octanol–water partition coefficient (Wildman–Crippen LogP) is 8.65. The molecule has 4 nitrogen and oxygen atoms in total. The molecule has 0 saturated carbocycles. The van der Waals surface area contributed by atoms with Crippen molar-refractivity contribution in [1.29, 1.82) is 0 Å². The number of carbonyl (C=O) groups is 1. The zero-order chi connectivity index (χ0) is 24.8. The summed E-state index contributed by atoms with van der Waals surface area (Å²) < 4.78 is 5.32. The first kappa shape index (κ1) is 28.9. The Morgan fingerprint density at radius 1 is 0.771 bits per heavy atom. The Labute approximate surface area is 214 Å². The van der Waals surface area contributed by atoms with Crippen molar-refractivity contribution in [2.75, 3.05) is 11.9 Å². The first-order valence-corrected chi connectivity index (χ1v) is 14.2. The smallest absolute Gasteiger partial charge is 0.306 e. The van der Waals surface area contributed by atoms with Crippen LogP contribution in [0.2, 0.25) is 0 Å². The molecule has 0 aliphatic rings. The fourth-order valence-electron chi connectivity index (χ4n) is 4.31. The Hall–Kier alpha value is -2.36. The van der Waals surface area contributed by atoms with Crippen LogP contribution in [-0.4, -0.2) is 17.5 Å². The normalized spacial score (nSPS) is 10.9. The summed E-state index contributed by atoms with van der Waals surface area (Å²) in [5.41, 5.74) is 3.23. The molecule has 0 bridgehead atoms. The molecule has 0 fully saturated rings. The number of ether oxygens (including phenoxy) is 1. The summed E-state index contributed by atoms with van der Waals surface area (Å²) in [6.45, 7) is 3.60. The summed E-state index contributed by atoms with van der Waals surface area (Å²) in [4.78, 5) is 16.0. The molecule has 0 saturated heterocycles. The van der Waals surface area contributed by atoms with Gasteiger partial charge in [-0.3, -0.25) is 9.78 Å². The van der Waals surface area contributed by atoms with Gasteiger partial charge in [-0.15, -0.1) is 0 Å². The Morgan fingerprint density at radius 2 is 1.37 bits per heavy atom. The number of esters is 1. The van der Waals surface area contributed by atoms with Crippen LogP contribution in [-0.2, 0) is 22.6 Å². The summed E-state index contributed by atoms with van der Waals surface area (Å²) in [5, 5.41) is 3.52. The highest BCUT2D eigenvalue weighted by atomic mass is 16.5. The second-order valence-corrected chi connectivity index (χ2v) is 9.74. The van der Waals surface area contributed by atoms with E-state index in [2.05, 4.69) is 41.5 Å². The molecule has 1 heterocycles. The number of benzene rings is 1. The van der Waals surface area contributed by atoms with E-state index in [9.17, 15) is 4.79 Å². The second kappa shape index (κ2) is 19.9. The Kier molecular flexibility index (Phi) is 16.4. The maximum Gasteiger partial charge on any atom is 0.306 e. The summed E-state index contributed by atoms with van der Waals surface area (Å²) in [5.74, 6) is -0.172. The summed E-state index contributed by atoms with van der Waals surface area (Å²) in [6.07, 6.45) is 24.0. The highest BCUT2D eigenvalue weighted by molar-refractivity contribution is 5.69. The lowest BCUT2D eigenvalue weighted by Gasteiger charge is -2.08. The molecule has 0 radical (unpaired) electrons. The van der Waals surface area contributed by atoms with Crippen molar-refractivity contribution in [3.8, 4) is 0 Å². The SMILES string of the molecule is CCCCCCCCCCCCCCCCNc1ccc(CCC(=O)OCc2cccnc2)cc1. The Bertz CT molecular complexity index is 761. The largest absolute Gasteiger partial charge is 0.461 e. The molecule has 1 aromatic heterocycles. The first-order valence-electron chi connectivity index (χ1n) is 14.2. The van der Waals surface area contributed by atoms with Gasteiger partial charge in [0.05, 0.1) is 0 Å². The van der Waals surface area contributed by atoms with E-state index in [1.165, 1.54) is 89.9 Å². The fraction of sp³-hybridized carbons (Fsp3) is 0.613. The van der Waals surface area contributed by atoms with Gasteiger partial charge in [0.2, 0.25) is 0 Å². The number of hydrogen-bond acceptors (Lipinski definition) is 4. The average molecular weight is 481 g/mol. The van der Waals surface area contributed by atoms with Crippen LogP contribution in [0.4, 0.5) is 5.69 Å². The lowest BCUT2D eigenvalue weighted by atomic mass is 10.0. The lowest BCUT2D eigenvalue weighted by molar-refractivity contribution is -0.144. The van der Waals surface area contributed by atoms with Gasteiger partial charge < -0.3 is 10.1 Å². The number of carbonyl (C=O) groups excluding carboxylic acids is 1. The second-order valence-electron chi connectivity index (χ2n) is 9.74. The van der Waals surface area contributed by atoms with Crippen molar-refractivity contribution in [1.82, 2.24) is 4.98 Å². The van der Waals surface area contributed by atoms with E-state index in [-0.39, 0.29) is 12.6 Å². The highest BCUT2D eigenvalue weighted by Gasteiger charge is 2.05. The van der Waals surface area contributed by atoms with Crippen molar-refractivity contribution in [3.05, 3.63) is 59.9 Å². The number of unbranched alkanes of at least 4 members (excludes halogenated alkanes) is 13. The molecule has 0 atom stereocenters. The maximum absolute atomic E-state index is 12.0. The van der Waals surface area contributed by atoms with Crippen LogP contribution in [0.15, 0.2) is 48.8 Å². The standard InChI is InChI=1S/C31H48N2O2/c1-2-3-4-5-6-7-8-9-10-11-12-13-14-15-25-33-30-21-18-28(19-22-30)20-23-31(34)35-27-29-17-16-24-32-26-29/h16-19,21-22,24,26,33H,2-15,20,23,25,27H2,1H3. The van der Waals surface area contributed by atoms with Crippen LogP contribution in [0.1, 0.15) is 114 Å². The van der Waals surface area contributed by atoms with Crippen molar-refractivity contribution in [2.45, 2.75) is 116 Å². The molecule has 0 aliphatic heterocycles. The summed E-state index contributed by atoms with van der Waals surface area (Å²) >= 11 is 0. The molecular formula is C31H48N2O2. The quantitative estimate of drug-likeness (QED) is 0.143. The number of nitrogens with zero attached hydrogens (tertiary/aromatic N) is 1. The number of hydrogen-bond donors (Lipinski definition) is 1. The fourth-order valence-corrected chi connectivity index (χ4v) is 4.31. The van der Waals surface area contributed by atoms with E-state index in [1.54, 1.807) is 12.4 Å². The molecule has 35 heavy (non-hydrogen) atoms. The van der Waals surface area contributed by atoms with Crippen LogP contribution in [0.25, 0.3) is 0 Å². The van der Waals surface area contributed by atoms with Gasteiger partial charge in [-0.2, -0.15) is 0 Å². The average Bonchev–Trinajstić information content (AvgIpc) is 2.89. The predicted molar refractivity (Wildman–Crippen MR) is 148 cm³/mol. The number of nitrogens with one attached hydrogen (secondary N) is 1. The van der Waals surface area contributed by atoms with E-state index < -0.39 is 0 Å². The monoisotopic (exact) mass is 480 g/mol. The van der Waals surface area contributed by atoms with Gasteiger partial charge in [0.25, 0.3) is 0 Å². The van der Waals surface area contributed by atoms with Gasteiger partial charge in [-0.05, 0) is 36.6 Å². The van der Waals surface area contributed by atoms with Crippen LogP contribution in [0.5, 0.6) is 0 Å². The first-order chi connectivity index (χ1) is 17.3. The molecule has 0 unspecified atom stereocenters. The number of pyridine rings is 1. The van der Waals surface area contributed by atoms with Gasteiger partial charge in [0.1, 0.15) is 6.61 Å². The third kappa shape index (κ3) is 15.3. The molecule has 194 valence electrons.